The third-order valence-corrected chi connectivity index (χ3v) is 4.19. The number of esters is 1. The van der Waals surface area contributed by atoms with E-state index in [1.165, 1.54) is 12.2 Å². The molecule has 0 aromatic rings. The maximum atomic E-state index is 11.6. The number of allylic oxidation sites excluding steroid dienone is 2. The molecule has 4 nitrogen and oxygen atoms in total. The Bertz CT molecular complexity index is 388. The molecule has 0 saturated heterocycles. The van der Waals surface area contributed by atoms with E-state index in [1.807, 2.05) is 6.92 Å². The molecule has 4 heteroatoms. The quantitative estimate of drug-likeness (QED) is 0.526. The fourth-order valence-corrected chi connectivity index (χ4v) is 3.10. The molecule has 112 valence electrons. The number of cyclic esters (lactones) is 1. The van der Waals surface area contributed by atoms with Crippen LogP contribution in [-0.2, 0) is 9.53 Å². The molecule has 2 rings (SSSR count). The van der Waals surface area contributed by atoms with Gasteiger partial charge in [0.1, 0.15) is 0 Å². The summed E-state index contributed by atoms with van der Waals surface area (Å²) in [4.78, 5) is 11.6. The van der Waals surface area contributed by atoms with Gasteiger partial charge in [0.15, 0.2) is 0 Å². The first-order valence-electron chi connectivity index (χ1n) is 7.48. The highest BCUT2D eigenvalue weighted by atomic mass is 16.5. The first kappa shape index (κ1) is 15.3. The van der Waals surface area contributed by atoms with Crippen LogP contribution >= 0.6 is 0 Å². The van der Waals surface area contributed by atoms with E-state index in [-0.39, 0.29) is 24.0 Å². The number of hydrogen-bond acceptors (Lipinski definition) is 4. The molecule has 2 N–H and O–H groups in total. The smallest absolute Gasteiger partial charge is 0.330 e. The summed E-state index contributed by atoms with van der Waals surface area (Å²) >= 11 is 0. The minimum absolute atomic E-state index is 0.0246. The highest BCUT2D eigenvalue weighted by Crippen LogP contribution is 2.36. The monoisotopic (exact) mass is 280 g/mol. The lowest BCUT2D eigenvalue weighted by Crippen LogP contribution is -2.21. The van der Waals surface area contributed by atoms with Crippen molar-refractivity contribution in [2.24, 2.45) is 11.8 Å². The van der Waals surface area contributed by atoms with Crippen LogP contribution in [-0.4, -0.2) is 34.5 Å². The van der Waals surface area contributed by atoms with Crippen LogP contribution in [0.2, 0.25) is 0 Å². The molecule has 1 heterocycles. The molecule has 0 amide bonds. The largest absolute Gasteiger partial charge is 0.460 e. The second-order valence-corrected chi connectivity index (χ2v) is 5.91. The van der Waals surface area contributed by atoms with Crippen LogP contribution in [0.1, 0.15) is 39.0 Å². The first-order chi connectivity index (χ1) is 9.56. The van der Waals surface area contributed by atoms with Crippen LogP contribution in [0, 0.1) is 11.8 Å². The number of aliphatic hydroxyl groups is 2. The molecule has 5 atom stereocenters. The van der Waals surface area contributed by atoms with Crippen molar-refractivity contribution < 1.29 is 19.7 Å². The fraction of sp³-hybridized carbons (Fsp3) is 0.688. The van der Waals surface area contributed by atoms with Crippen LogP contribution in [0.4, 0.5) is 0 Å². The van der Waals surface area contributed by atoms with Crippen molar-refractivity contribution in [1.29, 1.82) is 0 Å². The van der Waals surface area contributed by atoms with Gasteiger partial charge in [0.2, 0.25) is 0 Å². The van der Waals surface area contributed by atoms with Gasteiger partial charge in [0.05, 0.1) is 18.3 Å². The third kappa shape index (κ3) is 4.18. The summed E-state index contributed by atoms with van der Waals surface area (Å²) in [6.07, 6.45) is 9.87. The van der Waals surface area contributed by atoms with Crippen LogP contribution in [0.15, 0.2) is 24.3 Å². The van der Waals surface area contributed by atoms with E-state index in [0.29, 0.717) is 12.8 Å². The van der Waals surface area contributed by atoms with Crippen molar-refractivity contribution in [1.82, 2.24) is 0 Å². The van der Waals surface area contributed by atoms with Gasteiger partial charge in [-0.15, -0.1) is 0 Å². The van der Waals surface area contributed by atoms with Gasteiger partial charge in [-0.2, -0.15) is 0 Å². The average Bonchev–Trinajstić information content (AvgIpc) is 2.76. The molecule has 0 radical (unpaired) electrons. The van der Waals surface area contributed by atoms with Crippen molar-refractivity contribution in [2.75, 3.05) is 0 Å². The van der Waals surface area contributed by atoms with Gasteiger partial charge >= 0.3 is 5.97 Å². The van der Waals surface area contributed by atoms with Gasteiger partial charge in [0.25, 0.3) is 0 Å². The predicted octanol–water partition coefficient (Wildman–Crippen LogP) is 1.96. The predicted molar refractivity (Wildman–Crippen MR) is 75.9 cm³/mol. The standard InChI is InChI=1S/C16H24O4/c1-11-5-3-2-4-6-12-9-13(17)10-14(12)15(18)7-8-16(19)20-11/h4,6-8,11-15,17-18H,2-3,5,9-10H2,1H3/b6-4+,8-7+/t11-,12+,13-,14?,15+/m0/s1. The lowest BCUT2D eigenvalue weighted by Gasteiger charge is -2.19. The van der Waals surface area contributed by atoms with E-state index in [9.17, 15) is 15.0 Å². The van der Waals surface area contributed by atoms with Crippen LogP contribution in [0.5, 0.6) is 0 Å². The Morgan fingerprint density at radius 1 is 1.25 bits per heavy atom. The first-order valence-corrected chi connectivity index (χ1v) is 7.48. The number of aliphatic hydroxyl groups excluding tert-OH is 2. The number of hydrogen-bond donors (Lipinski definition) is 2. The van der Waals surface area contributed by atoms with E-state index in [4.69, 9.17) is 4.74 Å². The fourth-order valence-electron chi connectivity index (χ4n) is 3.10. The molecule has 0 bridgehead atoms. The van der Waals surface area contributed by atoms with E-state index >= 15 is 0 Å². The molecular formula is C16H24O4. The Labute approximate surface area is 120 Å². The van der Waals surface area contributed by atoms with E-state index < -0.39 is 12.1 Å². The van der Waals surface area contributed by atoms with E-state index in [0.717, 1.165) is 19.3 Å². The van der Waals surface area contributed by atoms with Gasteiger partial charge in [-0.3, -0.25) is 0 Å². The molecule has 1 aliphatic heterocycles. The average molecular weight is 280 g/mol. The zero-order valence-electron chi connectivity index (χ0n) is 11.9. The minimum Gasteiger partial charge on any atom is -0.460 e. The summed E-state index contributed by atoms with van der Waals surface area (Å²) < 4.78 is 5.23. The SMILES string of the molecule is C[C@H]1CCC/C=C/[C@@H]2C[C@H](O)CC2[C@H](O)/C=C/C(=O)O1. The van der Waals surface area contributed by atoms with E-state index in [1.54, 1.807) is 0 Å². The minimum atomic E-state index is -0.717. The van der Waals surface area contributed by atoms with Crippen molar-refractivity contribution in [3.05, 3.63) is 24.3 Å². The van der Waals surface area contributed by atoms with Crippen LogP contribution in [0.3, 0.4) is 0 Å². The Kier molecular flexibility index (Phi) is 5.38. The zero-order chi connectivity index (χ0) is 14.5. The summed E-state index contributed by atoms with van der Waals surface area (Å²) in [6.45, 7) is 1.89. The van der Waals surface area contributed by atoms with Crippen LogP contribution in [0.25, 0.3) is 0 Å². The van der Waals surface area contributed by atoms with Gasteiger partial charge < -0.3 is 14.9 Å². The van der Waals surface area contributed by atoms with Gasteiger partial charge in [-0.25, -0.2) is 4.79 Å². The van der Waals surface area contributed by atoms with Crippen molar-refractivity contribution in [3.8, 4) is 0 Å². The number of rotatable bonds is 0. The van der Waals surface area contributed by atoms with Crippen molar-refractivity contribution in [2.45, 2.75) is 57.3 Å². The lowest BCUT2D eigenvalue weighted by atomic mass is 9.90. The summed E-state index contributed by atoms with van der Waals surface area (Å²) in [5, 5.41) is 20.0. The Morgan fingerprint density at radius 3 is 2.85 bits per heavy atom. The molecule has 0 spiro atoms. The molecule has 1 saturated carbocycles. The summed E-state index contributed by atoms with van der Waals surface area (Å²) in [5.41, 5.74) is 0. The molecule has 1 fully saturated rings. The number of ether oxygens (including phenoxy) is 1. The number of carbonyl (C=O) groups excluding carboxylic acids is 1. The molecule has 20 heavy (non-hydrogen) atoms. The number of fused-ring (bicyclic) bond motifs is 1. The highest BCUT2D eigenvalue weighted by molar-refractivity contribution is 5.82. The van der Waals surface area contributed by atoms with Crippen LogP contribution < -0.4 is 0 Å². The molecule has 1 unspecified atom stereocenters. The second-order valence-electron chi connectivity index (χ2n) is 5.91. The Hall–Kier alpha value is -1.13. The van der Waals surface area contributed by atoms with Gasteiger partial charge in [-0.05, 0) is 56.9 Å². The Balaban J connectivity index is 2.11. The normalized spacial score (nSPS) is 42.5. The second kappa shape index (κ2) is 7.04. The number of carbonyl (C=O) groups is 1. The Morgan fingerprint density at radius 2 is 2.05 bits per heavy atom. The lowest BCUT2D eigenvalue weighted by molar-refractivity contribution is -0.142. The molecular weight excluding hydrogens is 256 g/mol. The van der Waals surface area contributed by atoms with E-state index in [2.05, 4.69) is 12.2 Å². The third-order valence-electron chi connectivity index (χ3n) is 4.19. The maximum Gasteiger partial charge on any atom is 0.330 e. The molecule has 0 aromatic carbocycles. The van der Waals surface area contributed by atoms with Crippen molar-refractivity contribution in [3.63, 3.8) is 0 Å². The maximum absolute atomic E-state index is 11.6. The topological polar surface area (TPSA) is 66.8 Å². The zero-order valence-corrected chi connectivity index (χ0v) is 11.9. The van der Waals surface area contributed by atoms with Gasteiger partial charge in [0, 0.05) is 6.08 Å². The molecule has 0 aromatic heterocycles. The van der Waals surface area contributed by atoms with Gasteiger partial charge in [-0.1, -0.05) is 12.2 Å². The highest BCUT2D eigenvalue weighted by Gasteiger charge is 2.35. The van der Waals surface area contributed by atoms with Crippen molar-refractivity contribution >= 4 is 5.97 Å². The summed E-state index contributed by atoms with van der Waals surface area (Å²) in [6, 6.07) is 0. The summed E-state index contributed by atoms with van der Waals surface area (Å²) in [5.74, 6) is -0.249. The summed E-state index contributed by atoms with van der Waals surface area (Å²) in [7, 11) is 0. The molecule has 2 aliphatic rings. The molecule has 1 aliphatic carbocycles.